The summed E-state index contributed by atoms with van der Waals surface area (Å²) in [6.45, 7) is 5.76. The standard InChI is InChI=1S/C28H31N7O2S/c1-2-3-5-10-22-23(15-29)27(35-13-11-34(12-14-35)18-20-17-32-37-19-20)33-28(24(22)16-30)38-25(26(31)36)21-8-6-4-7-9-21/h4,6-9,17,19,25H,2-3,5,10-14,18H2,1H3,(H2,31,36). The molecule has 1 aliphatic rings. The molecule has 3 heterocycles. The summed E-state index contributed by atoms with van der Waals surface area (Å²) in [5.74, 6) is 0.0640. The third-order valence-corrected chi connectivity index (χ3v) is 7.91. The smallest absolute Gasteiger partial charge is 0.235 e. The highest BCUT2D eigenvalue weighted by Gasteiger charge is 2.29. The number of thioether (sulfide) groups is 1. The molecule has 1 saturated heterocycles. The fraction of sp³-hybridized carbons (Fsp3) is 0.393. The second-order valence-corrected chi connectivity index (χ2v) is 10.4. The van der Waals surface area contributed by atoms with Crippen LogP contribution in [0.2, 0.25) is 0 Å². The van der Waals surface area contributed by atoms with E-state index in [1.807, 2.05) is 30.3 Å². The number of aromatic nitrogens is 2. The lowest BCUT2D eigenvalue weighted by atomic mass is 9.98. The van der Waals surface area contributed by atoms with Crippen LogP contribution in [0.5, 0.6) is 0 Å². The van der Waals surface area contributed by atoms with Crippen molar-refractivity contribution in [3.8, 4) is 12.1 Å². The summed E-state index contributed by atoms with van der Waals surface area (Å²) >= 11 is 1.18. The number of carbonyl (C=O) groups excluding carboxylic acids is 1. The Bertz CT molecular complexity index is 1310. The van der Waals surface area contributed by atoms with Gasteiger partial charge in [-0.05, 0) is 24.0 Å². The quantitative estimate of drug-likeness (QED) is 0.286. The van der Waals surface area contributed by atoms with Crippen LogP contribution in [0.4, 0.5) is 5.82 Å². The van der Waals surface area contributed by atoms with E-state index in [2.05, 4.69) is 34.0 Å². The zero-order valence-electron chi connectivity index (χ0n) is 21.5. The van der Waals surface area contributed by atoms with Crippen molar-refractivity contribution < 1.29 is 9.32 Å². The molecular formula is C28H31N7O2S. The third-order valence-electron chi connectivity index (χ3n) is 6.65. The minimum atomic E-state index is -0.708. The largest absolute Gasteiger partial charge is 0.368 e. The van der Waals surface area contributed by atoms with Gasteiger partial charge in [0.1, 0.15) is 34.5 Å². The zero-order valence-corrected chi connectivity index (χ0v) is 22.3. The van der Waals surface area contributed by atoms with Gasteiger partial charge in [0.25, 0.3) is 0 Å². The lowest BCUT2D eigenvalue weighted by Gasteiger charge is -2.36. The molecule has 1 aromatic carbocycles. The molecule has 0 spiro atoms. The number of unbranched alkanes of at least 4 members (excludes halogenated alkanes) is 2. The van der Waals surface area contributed by atoms with Crippen molar-refractivity contribution in [3.63, 3.8) is 0 Å². The number of nitriles is 2. The molecule has 3 aromatic rings. The van der Waals surface area contributed by atoms with Crippen molar-refractivity contribution in [1.29, 1.82) is 10.5 Å². The van der Waals surface area contributed by atoms with Crippen LogP contribution < -0.4 is 10.6 Å². The molecular weight excluding hydrogens is 498 g/mol. The number of rotatable bonds is 11. The molecule has 0 bridgehead atoms. The maximum atomic E-state index is 12.5. The Morgan fingerprint density at radius 2 is 1.87 bits per heavy atom. The van der Waals surface area contributed by atoms with E-state index in [0.29, 0.717) is 47.0 Å². The number of hydrogen-bond acceptors (Lipinski definition) is 9. The SMILES string of the molecule is CCCCCc1c(C#N)c(SC(C(N)=O)c2ccccc2)nc(N2CCN(Cc3cnoc3)CC2)c1C#N. The number of pyridine rings is 1. The third kappa shape index (κ3) is 6.34. The van der Waals surface area contributed by atoms with E-state index in [9.17, 15) is 15.3 Å². The van der Waals surface area contributed by atoms with Crippen molar-refractivity contribution in [2.75, 3.05) is 31.1 Å². The molecule has 10 heteroatoms. The average molecular weight is 530 g/mol. The number of anilines is 1. The van der Waals surface area contributed by atoms with E-state index in [4.69, 9.17) is 15.2 Å². The molecule has 196 valence electrons. The number of primary amides is 1. The minimum Gasteiger partial charge on any atom is -0.368 e. The van der Waals surface area contributed by atoms with Crippen LogP contribution in [-0.2, 0) is 17.8 Å². The van der Waals surface area contributed by atoms with Gasteiger partial charge in [0.15, 0.2) is 0 Å². The van der Waals surface area contributed by atoms with Gasteiger partial charge in [0.2, 0.25) is 5.91 Å². The zero-order chi connectivity index (χ0) is 26.9. The molecule has 1 fully saturated rings. The van der Waals surface area contributed by atoms with Crippen molar-refractivity contribution in [3.05, 3.63) is 70.6 Å². The molecule has 0 radical (unpaired) electrons. The molecule has 0 aliphatic carbocycles. The molecule has 0 saturated carbocycles. The summed E-state index contributed by atoms with van der Waals surface area (Å²) < 4.78 is 4.95. The number of amides is 1. The lowest BCUT2D eigenvalue weighted by Crippen LogP contribution is -2.46. The topological polar surface area (TPSA) is 136 Å². The molecule has 1 atom stereocenters. The first-order valence-corrected chi connectivity index (χ1v) is 13.7. The number of benzene rings is 1. The summed E-state index contributed by atoms with van der Waals surface area (Å²) in [5.41, 5.74) is 9.08. The maximum Gasteiger partial charge on any atom is 0.235 e. The Kier molecular flexibility index (Phi) is 9.36. The summed E-state index contributed by atoms with van der Waals surface area (Å²) in [4.78, 5) is 21.8. The molecule has 9 nitrogen and oxygen atoms in total. The van der Waals surface area contributed by atoms with Crippen LogP contribution >= 0.6 is 11.8 Å². The monoisotopic (exact) mass is 529 g/mol. The number of carbonyl (C=O) groups is 1. The van der Waals surface area contributed by atoms with Gasteiger partial charge in [-0.15, -0.1) is 0 Å². The van der Waals surface area contributed by atoms with Crippen molar-refractivity contribution >= 4 is 23.5 Å². The fourth-order valence-electron chi connectivity index (χ4n) is 4.66. The van der Waals surface area contributed by atoms with E-state index in [1.165, 1.54) is 11.8 Å². The maximum absolute atomic E-state index is 12.5. The summed E-state index contributed by atoms with van der Waals surface area (Å²) in [7, 11) is 0. The Hall–Kier alpha value is -3.86. The Balaban J connectivity index is 1.69. The van der Waals surface area contributed by atoms with E-state index in [0.717, 1.165) is 50.0 Å². The van der Waals surface area contributed by atoms with Gasteiger partial charge >= 0.3 is 0 Å². The van der Waals surface area contributed by atoms with Crippen molar-refractivity contribution in [2.24, 2.45) is 5.73 Å². The second-order valence-electron chi connectivity index (χ2n) is 9.26. The highest BCUT2D eigenvalue weighted by atomic mass is 32.2. The predicted molar refractivity (Wildman–Crippen MR) is 145 cm³/mol. The van der Waals surface area contributed by atoms with E-state index in [1.54, 1.807) is 12.5 Å². The molecule has 2 aromatic heterocycles. The fourth-order valence-corrected chi connectivity index (χ4v) is 5.71. The van der Waals surface area contributed by atoms with Gasteiger partial charge in [-0.1, -0.05) is 67.0 Å². The molecule has 1 unspecified atom stereocenters. The van der Waals surface area contributed by atoms with Gasteiger partial charge in [0, 0.05) is 38.3 Å². The highest BCUT2D eigenvalue weighted by Crippen LogP contribution is 2.40. The van der Waals surface area contributed by atoms with Gasteiger partial charge in [0.05, 0.1) is 17.3 Å². The van der Waals surface area contributed by atoms with Crippen LogP contribution in [0.15, 0.2) is 52.3 Å². The Morgan fingerprint density at radius 1 is 1.13 bits per heavy atom. The first kappa shape index (κ1) is 27.2. The second kappa shape index (κ2) is 13.1. The van der Waals surface area contributed by atoms with Crippen LogP contribution in [0.3, 0.4) is 0 Å². The van der Waals surface area contributed by atoms with Crippen LogP contribution in [0.25, 0.3) is 0 Å². The first-order valence-electron chi connectivity index (χ1n) is 12.8. The summed E-state index contributed by atoms with van der Waals surface area (Å²) in [6.07, 6.45) is 6.84. The predicted octanol–water partition coefficient (Wildman–Crippen LogP) is 4.19. The van der Waals surface area contributed by atoms with Gasteiger partial charge in [-0.2, -0.15) is 10.5 Å². The number of nitrogens with two attached hydrogens (primary N) is 1. The van der Waals surface area contributed by atoms with Gasteiger partial charge in [-0.3, -0.25) is 9.69 Å². The minimum absolute atomic E-state index is 0.361. The molecule has 38 heavy (non-hydrogen) atoms. The van der Waals surface area contributed by atoms with Crippen LogP contribution in [0.1, 0.15) is 59.3 Å². The van der Waals surface area contributed by atoms with Gasteiger partial charge < -0.3 is 15.2 Å². The lowest BCUT2D eigenvalue weighted by molar-refractivity contribution is -0.117. The Morgan fingerprint density at radius 3 is 2.47 bits per heavy atom. The number of nitrogens with zero attached hydrogens (tertiary/aromatic N) is 6. The van der Waals surface area contributed by atoms with Crippen LogP contribution in [-0.4, -0.2) is 47.1 Å². The van der Waals surface area contributed by atoms with Crippen molar-refractivity contribution in [1.82, 2.24) is 15.0 Å². The van der Waals surface area contributed by atoms with Crippen LogP contribution in [0, 0.1) is 22.7 Å². The average Bonchev–Trinajstić information content (AvgIpc) is 3.45. The van der Waals surface area contributed by atoms with E-state index < -0.39 is 11.2 Å². The number of hydrogen-bond donors (Lipinski definition) is 1. The highest BCUT2D eigenvalue weighted by molar-refractivity contribution is 8.00. The normalized spacial score (nSPS) is 14.6. The molecule has 2 N–H and O–H groups in total. The van der Waals surface area contributed by atoms with E-state index >= 15 is 0 Å². The molecule has 4 rings (SSSR count). The Labute approximate surface area is 227 Å². The summed E-state index contributed by atoms with van der Waals surface area (Å²) in [6, 6.07) is 13.9. The van der Waals surface area contributed by atoms with Crippen molar-refractivity contribution in [2.45, 2.75) is 49.4 Å². The first-order chi connectivity index (χ1) is 18.5. The number of piperazine rings is 1. The van der Waals surface area contributed by atoms with Gasteiger partial charge in [-0.25, -0.2) is 4.98 Å². The van der Waals surface area contributed by atoms with E-state index in [-0.39, 0.29) is 0 Å². The molecule has 1 aliphatic heterocycles. The molecule has 1 amide bonds. The summed E-state index contributed by atoms with van der Waals surface area (Å²) in [5, 5.41) is 23.9.